The topological polar surface area (TPSA) is 74.5 Å². The third kappa shape index (κ3) is 1.54. The van der Waals surface area contributed by atoms with E-state index in [1.807, 2.05) is 18.2 Å². The van der Waals surface area contributed by atoms with Crippen LogP contribution in [0.25, 0.3) is 21.8 Å². The summed E-state index contributed by atoms with van der Waals surface area (Å²) in [5.41, 5.74) is 0.485. The van der Waals surface area contributed by atoms with Crippen molar-refractivity contribution in [1.29, 1.82) is 5.26 Å². The standard InChI is InChI=1S/C14H12N4O/c1-14(2,8-15)18-11-6-5-10-9(4-3-7-16-10)12(11)13(19)17-18/h3-7H,1-2H3,(H,17,19)/i18+1. The monoisotopic (exact) mass is 253 g/mol. The molecule has 0 aliphatic heterocycles. The summed E-state index contributed by atoms with van der Waals surface area (Å²) in [6.07, 6.45) is 1.69. The molecule has 0 unspecified atom stereocenters. The third-order valence-electron chi connectivity index (χ3n) is 3.28. The number of nitrogens with one attached hydrogen (secondary N) is 1. The van der Waals surface area contributed by atoms with E-state index in [4.69, 9.17) is 0 Å². The van der Waals surface area contributed by atoms with Crippen LogP contribution < -0.4 is 5.56 Å². The van der Waals surface area contributed by atoms with E-state index >= 15 is 0 Å². The molecular formula is C14H12N4O. The zero-order valence-electron chi connectivity index (χ0n) is 10.6. The lowest BCUT2D eigenvalue weighted by molar-refractivity contribution is 0.430. The zero-order valence-corrected chi connectivity index (χ0v) is 10.6. The fourth-order valence-corrected chi connectivity index (χ4v) is 2.27. The Hall–Kier alpha value is -2.61. The summed E-state index contributed by atoms with van der Waals surface area (Å²) in [6, 6.07) is 9.53. The van der Waals surface area contributed by atoms with Crippen LogP contribution >= 0.6 is 0 Å². The Morgan fingerprint density at radius 3 is 2.89 bits per heavy atom. The van der Waals surface area contributed by atoms with Crippen molar-refractivity contribution in [1.82, 2.24) is 14.8 Å². The Morgan fingerprint density at radius 2 is 2.16 bits per heavy atom. The number of nitrogens with zero attached hydrogens (tertiary/aromatic N) is 3. The van der Waals surface area contributed by atoms with Gasteiger partial charge in [0.25, 0.3) is 5.56 Å². The van der Waals surface area contributed by atoms with E-state index in [1.165, 1.54) is 0 Å². The highest BCUT2D eigenvalue weighted by molar-refractivity contribution is 6.04. The summed E-state index contributed by atoms with van der Waals surface area (Å²) in [5, 5.41) is 13.3. The highest BCUT2D eigenvalue weighted by atomic mass is 16.2. The molecular weight excluding hydrogens is 241 g/mol. The van der Waals surface area contributed by atoms with Gasteiger partial charge in [0.05, 0.1) is 22.5 Å². The van der Waals surface area contributed by atoms with E-state index in [0.29, 0.717) is 5.39 Å². The Morgan fingerprint density at radius 1 is 1.37 bits per heavy atom. The summed E-state index contributed by atoms with van der Waals surface area (Å²) in [5.74, 6) is 0. The molecule has 0 aliphatic rings. The van der Waals surface area contributed by atoms with Crippen LogP contribution in [0.5, 0.6) is 0 Å². The number of fused-ring (bicyclic) bond motifs is 3. The summed E-state index contributed by atoms with van der Waals surface area (Å²) in [6.45, 7) is 3.52. The molecule has 0 amide bonds. The van der Waals surface area contributed by atoms with Crippen molar-refractivity contribution in [2.45, 2.75) is 19.4 Å². The average molecular weight is 253 g/mol. The first-order valence-corrected chi connectivity index (χ1v) is 5.95. The van der Waals surface area contributed by atoms with Gasteiger partial charge < -0.3 is 0 Å². The second-order valence-corrected chi connectivity index (χ2v) is 4.98. The summed E-state index contributed by atoms with van der Waals surface area (Å²) in [7, 11) is 0. The molecule has 1 aromatic carbocycles. The summed E-state index contributed by atoms with van der Waals surface area (Å²) >= 11 is 0. The van der Waals surface area contributed by atoms with Gasteiger partial charge in [-0.1, -0.05) is 6.07 Å². The third-order valence-corrected chi connectivity index (χ3v) is 3.28. The van der Waals surface area contributed by atoms with Crippen LogP contribution in [0.4, 0.5) is 0 Å². The fraction of sp³-hybridized carbons (Fsp3) is 0.214. The van der Waals surface area contributed by atoms with Gasteiger partial charge >= 0.3 is 0 Å². The first-order chi connectivity index (χ1) is 9.04. The molecule has 19 heavy (non-hydrogen) atoms. The molecule has 5 heteroatoms. The maximum Gasteiger partial charge on any atom is 0.272 e. The molecule has 0 bridgehead atoms. The minimum atomic E-state index is -0.809. The summed E-state index contributed by atoms with van der Waals surface area (Å²) < 4.78 is 1.61. The molecule has 0 radical (unpaired) electrons. The minimum Gasteiger partial charge on any atom is -0.267 e. The molecule has 0 aliphatic carbocycles. The first kappa shape index (κ1) is 11.5. The Bertz CT molecular complexity index is 880. The molecule has 3 rings (SSSR count). The van der Waals surface area contributed by atoms with Gasteiger partial charge in [-0.3, -0.25) is 19.6 Å². The maximum absolute atomic E-state index is 12.2. The molecule has 1 N–H and O–H groups in total. The van der Waals surface area contributed by atoms with Gasteiger partial charge in [0, 0.05) is 11.6 Å². The van der Waals surface area contributed by atoms with Crippen LogP contribution in [0.3, 0.4) is 0 Å². The predicted molar refractivity (Wildman–Crippen MR) is 72.8 cm³/mol. The Kier molecular flexibility index (Phi) is 2.23. The first-order valence-electron chi connectivity index (χ1n) is 5.95. The molecule has 94 valence electrons. The van der Waals surface area contributed by atoms with Gasteiger partial charge in [-0.05, 0) is 32.0 Å². The van der Waals surface area contributed by atoms with E-state index in [1.54, 1.807) is 30.8 Å². The molecule has 2 heterocycles. The average Bonchev–Trinajstić information content (AvgIpc) is 2.77. The molecule has 0 fully saturated rings. The number of H-pyrrole nitrogens is 1. The van der Waals surface area contributed by atoms with Crippen LogP contribution in [0.1, 0.15) is 13.8 Å². The normalized spacial score (nSPS) is 11.8. The van der Waals surface area contributed by atoms with Crippen LogP contribution in [-0.2, 0) is 5.54 Å². The van der Waals surface area contributed by atoms with Gasteiger partial charge in [0.15, 0.2) is 0 Å². The van der Waals surface area contributed by atoms with Gasteiger partial charge in [-0.2, -0.15) is 5.26 Å². The number of hydrogen-bond acceptors (Lipinski definition) is 3. The molecule has 3 aromatic rings. The van der Waals surface area contributed by atoms with Crippen LogP contribution in [0.15, 0.2) is 35.3 Å². The lowest BCUT2D eigenvalue weighted by Gasteiger charge is -2.18. The predicted octanol–water partition coefficient (Wildman–Crippen LogP) is 2.14. The number of pyridine rings is 1. The number of rotatable bonds is 1. The van der Waals surface area contributed by atoms with Gasteiger partial charge in [0.2, 0.25) is 0 Å². The van der Waals surface area contributed by atoms with Crippen LogP contribution in [0, 0.1) is 11.3 Å². The number of aromatic amines is 1. The summed E-state index contributed by atoms with van der Waals surface area (Å²) in [4.78, 5) is 16.4. The van der Waals surface area contributed by atoms with Gasteiger partial charge in [0.1, 0.15) is 5.54 Å². The van der Waals surface area contributed by atoms with E-state index in [9.17, 15) is 10.1 Å². The molecule has 5 nitrogen and oxygen atoms in total. The highest BCUT2D eigenvalue weighted by Crippen LogP contribution is 2.24. The van der Waals surface area contributed by atoms with Gasteiger partial charge in [-0.25, -0.2) is 0 Å². The molecule has 0 atom stereocenters. The van der Waals surface area contributed by atoms with E-state index in [-0.39, 0.29) is 5.56 Å². The Balaban J connectivity index is 2.52. The number of aromatic nitrogens is 3. The Labute approximate surface area is 109 Å². The minimum absolute atomic E-state index is 0.197. The fourth-order valence-electron chi connectivity index (χ4n) is 2.27. The maximum atomic E-state index is 12.2. The van der Waals surface area contributed by atoms with Crippen molar-refractivity contribution >= 4 is 21.8 Å². The van der Waals surface area contributed by atoms with Crippen LogP contribution in [0.2, 0.25) is 0 Å². The lowest BCUT2D eigenvalue weighted by atomic mass is 10.1. The van der Waals surface area contributed by atoms with E-state index in [2.05, 4.69) is 16.2 Å². The molecule has 2 aromatic heterocycles. The molecule has 0 spiro atoms. The van der Waals surface area contributed by atoms with E-state index in [0.717, 1.165) is 16.4 Å². The second kappa shape index (κ2) is 3.69. The lowest BCUT2D eigenvalue weighted by Crippen LogP contribution is -2.26. The number of nitriles is 1. The SMILES string of the molecule is CC(C)(C#N)[15n]1[nH]c(=O)c2c3cccnc3ccc21. The second-order valence-electron chi connectivity index (χ2n) is 4.98. The number of hydrogen-bond donors (Lipinski definition) is 1. The highest BCUT2D eigenvalue weighted by Gasteiger charge is 2.23. The zero-order chi connectivity index (χ0) is 13.6. The van der Waals surface area contributed by atoms with Crippen molar-refractivity contribution < 1.29 is 0 Å². The largest absolute Gasteiger partial charge is 0.272 e. The van der Waals surface area contributed by atoms with Crippen molar-refractivity contribution in [3.05, 3.63) is 40.8 Å². The number of benzene rings is 1. The van der Waals surface area contributed by atoms with Gasteiger partial charge in [-0.15, -0.1) is 0 Å². The van der Waals surface area contributed by atoms with Crippen molar-refractivity contribution in [2.24, 2.45) is 0 Å². The van der Waals surface area contributed by atoms with Crippen molar-refractivity contribution in [3.8, 4) is 6.07 Å². The van der Waals surface area contributed by atoms with Crippen molar-refractivity contribution in [2.75, 3.05) is 0 Å². The van der Waals surface area contributed by atoms with E-state index < -0.39 is 5.54 Å². The quantitative estimate of drug-likeness (QED) is 0.722. The molecule has 0 saturated heterocycles. The van der Waals surface area contributed by atoms with Crippen molar-refractivity contribution in [3.63, 3.8) is 0 Å². The molecule has 0 saturated carbocycles. The smallest absolute Gasteiger partial charge is 0.267 e. The van der Waals surface area contributed by atoms with Crippen LogP contribution in [-0.4, -0.2) is 14.8 Å².